The van der Waals surface area contributed by atoms with E-state index in [2.05, 4.69) is 6.58 Å². The molecule has 0 aliphatic carbocycles. The Morgan fingerprint density at radius 2 is 2.06 bits per heavy atom. The molecule has 0 aliphatic heterocycles. The van der Waals surface area contributed by atoms with Gasteiger partial charge in [0.15, 0.2) is 0 Å². The second-order valence-electron chi connectivity index (χ2n) is 3.65. The second kappa shape index (κ2) is 5.94. The van der Waals surface area contributed by atoms with E-state index in [0.29, 0.717) is 11.3 Å². The van der Waals surface area contributed by atoms with Gasteiger partial charge < -0.3 is 14.6 Å². The Hall–Kier alpha value is -1.97. The Bertz CT molecular complexity index is 423. The van der Waals surface area contributed by atoms with Gasteiger partial charge in [-0.15, -0.1) is 0 Å². The first-order chi connectivity index (χ1) is 8.00. The van der Waals surface area contributed by atoms with E-state index in [-0.39, 0.29) is 24.9 Å². The molecular weight excluding hydrogens is 220 g/mol. The summed E-state index contributed by atoms with van der Waals surface area (Å²) in [6.45, 7) is 7.36. The summed E-state index contributed by atoms with van der Waals surface area (Å²) in [5.41, 5.74) is 1.48. The zero-order valence-corrected chi connectivity index (χ0v) is 10.0. The van der Waals surface area contributed by atoms with Gasteiger partial charge in [0.1, 0.15) is 24.7 Å². The van der Waals surface area contributed by atoms with Crippen LogP contribution in [0.3, 0.4) is 0 Å². The maximum absolute atomic E-state index is 10.5. The lowest BCUT2D eigenvalue weighted by Crippen LogP contribution is -2.09. The van der Waals surface area contributed by atoms with E-state index in [9.17, 15) is 9.90 Å². The topological polar surface area (TPSA) is 55.8 Å². The second-order valence-corrected chi connectivity index (χ2v) is 3.65. The summed E-state index contributed by atoms with van der Waals surface area (Å²) in [6, 6.07) is 4.98. The third kappa shape index (κ3) is 4.18. The Morgan fingerprint density at radius 3 is 2.59 bits per heavy atom. The Balaban J connectivity index is 2.53. The zero-order valence-electron chi connectivity index (χ0n) is 10.0. The lowest BCUT2D eigenvalue weighted by atomic mass is 10.1. The molecule has 0 heterocycles. The van der Waals surface area contributed by atoms with Gasteiger partial charge in [0.05, 0.1) is 0 Å². The average molecular weight is 236 g/mol. The van der Waals surface area contributed by atoms with Crippen LogP contribution < -0.4 is 4.74 Å². The van der Waals surface area contributed by atoms with Gasteiger partial charge in [0.2, 0.25) is 0 Å². The predicted octanol–water partition coefficient (Wildman–Crippen LogP) is 2.37. The molecule has 0 unspecified atom stereocenters. The summed E-state index contributed by atoms with van der Waals surface area (Å²) in [7, 11) is 0. The van der Waals surface area contributed by atoms with Crippen LogP contribution in [0.1, 0.15) is 19.4 Å². The van der Waals surface area contributed by atoms with E-state index >= 15 is 0 Å². The van der Waals surface area contributed by atoms with Crippen LogP contribution in [-0.4, -0.2) is 24.3 Å². The fraction of sp³-hybridized carbons (Fsp3) is 0.308. The number of esters is 1. The van der Waals surface area contributed by atoms with E-state index in [1.54, 1.807) is 12.1 Å². The van der Waals surface area contributed by atoms with E-state index in [4.69, 9.17) is 9.47 Å². The molecule has 0 aromatic heterocycles. The molecule has 1 N–H and O–H groups in total. The lowest BCUT2D eigenvalue weighted by Gasteiger charge is -2.09. The van der Waals surface area contributed by atoms with Crippen molar-refractivity contribution in [3.05, 3.63) is 30.3 Å². The van der Waals surface area contributed by atoms with Gasteiger partial charge in [0.25, 0.3) is 0 Å². The number of rotatable bonds is 5. The number of ether oxygens (including phenoxy) is 2. The molecule has 0 atom stereocenters. The molecular formula is C13H16O4. The minimum atomic E-state index is -0.339. The first kappa shape index (κ1) is 13.1. The van der Waals surface area contributed by atoms with Gasteiger partial charge in [-0.1, -0.05) is 6.58 Å². The quantitative estimate of drug-likeness (QED) is 0.630. The van der Waals surface area contributed by atoms with Crippen LogP contribution in [0.2, 0.25) is 0 Å². The van der Waals surface area contributed by atoms with E-state index < -0.39 is 0 Å². The van der Waals surface area contributed by atoms with Crippen molar-refractivity contribution in [3.8, 4) is 11.5 Å². The minimum Gasteiger partial charge on any atom is -0.507 e. The zero-order chi connectivity index (χ0) is 12.8. The van der Waals surface area contributed by atoms with Crippen molar-refractivity contribution in [1.29, 1.82) is 0 Å². The lowest BCUT2D eigenvalue weighted by molar-refractivity contribution is -0.141. The molecule has 4 heteroatoms. The van der Waals surface area contributed by atoms with Gasteiger partial charge in [-0.2, -0.15) is 0 Å². The highest BCUT2D eigenvalue weighted by Crippen LogP contribution is 2.27. The normalized spacial score (nSPS) is 9.76. The predicted molar refractivity (Wildman–Crippen MR) is 64.9 cm³/mol. The SMILES string of the molecule is C=C(C)c1ccc(OCCOC(C)=O)cc1O. The van der Waals surface area contributed by atoms with Crippen molar-refractivity contribution in [2.75, 3.05) is 13.2 Å². The van der Waals surface area contributed by atoms with Crippen molar-refractivity contribution in [2.45, 2.75) is 13.8 Å². The molecule has 0 saturated carbocycles. The number of phenolic OH excluding ortho intramolecular Hbond substituents is 1. The van der Waals surface area contributed by atoms with Crippen molar-refractivity contribution < 1.29 is 19.4 Å². The van der Waals surface area contributed by atoms with Crippen molar-refractivity contribution in [2.24, 2.45) is 0 Å². The average Bonchev–Trinajstić information content (AvgIpc) is 2.23. The molecule has 0 aliphatic rings. The number of allylic oxidation sites excluding steroid dienone is 1. The Morgan fingerprint density at radius 1 is 1.35 bits per heavy atom. The summed E-state index contributed by atoms with van der Waals surface area (Å²) in [5, 5.41) is 9.68. The molecule has 0 amide bonds. The molecule has 0 fully saturated rings. The number of hydrogen-bond acceptors (Lipinski definition) is 4. The largest absolute Gasteiger partial charge is 0.507 e. The summed E-state index contributed by atoms with van der Waals surface area (Å²) >= 11 is 0. The monoisotopic (exact) mass is 236 g/mol. The van der Waals surface area contributed by atoms with Gasteiger partial charge in [0, 0.05) is 18.6 Å². The third-order valence-corrected chi connectivity index (χ3v) is 2.09. The number of phenols is 1. The third-order valence-electron chi connectivity index (χ3n) is 2.09. The maximum Gasteiger partial charge on any atom is 0.302 e. The summed E-state index contributed by atoms with van der Waals surface area (Å²) in [5.74, 6) is 0.316. The molecule has 17 heavy (non-hydrogen) atoms. The number of carbonyl (C=O) groups excluding carboxylic acids is 1. The van der Waals surface area contributed by atoms with E-state index in [1.807, 2.05) is 6.92 Å². The van der Waals surface area contributed by atoms with Gasteiger partial charge in [-0.25, -0.2) is 0 Å². The Labute approximate surface area is 100 Å². The van der Waals surface area contributed by atoms with Gasteiger partial charge >= 0.3 is 5.97 Å². The van der Waals surface area contributed by atoms with E-state index in [0.717, 1.165) is 5.57 Å². The summed E-state index contributed by atoms with van der Waals surface area (Å²) in [4.78, 5) is 10.5. The van der Waals surface area contributed by atoms with Crippen molar-refractivity contribution >= 4 is 11.5 Å². The molecule has 4 nitrogen and oxygen atoms in total. The van der Waals surface area contributed by atoms with Crippen LogP contribution in [0.4, 0.5) is 0 Å². The fourth-order valence-electron chi connectivity index (χ4n) is 1.31. The molecule has 0 bridgehead atoms. The molecule has 1 rings (SSSR count). The molecule has 1 aromatic carbocycles. The Kier molecular flexibility index (Phi) is 4.57. The first-order valence-electron chi connectivity index (χ1n) is 5.25. The van der Waals surface area contributed by atoms with E-state index in [1.165, 1.54) is 13.0 Å². The summed E-state index contributed by atoms with van der Waals surface area (Å²) in [6.07, 6.45) is 0. The summed E-state index contributed by atoms with van der Waals surface area (Å²) < 4.78 is 10.0. The van der Waals surface area contributed by atoms with Crippen LogP contribution in [0.15, 0.2) is 24.8 Å². The van der Waals surface area contributed by atoms with Crippen LogP contribution in [0, 0.1) is 0 Å². The highest BCUT2D eigenvalue weighted by molar-refractivity contribution is 5.67. The van der Waals surface area contributed by atoms with Gasteiger partial charge in [-0.05, 0) is 24.6 Å². The number of hydrogen-bond donors (Lipinski definition) is 1. The molecule has 0 radical (unpaired) electrons. The number of benzene rings is 1. The number of aromatic hydroxyl groups is 1. The van der Waals surface area contributed by atoms with Crippen LogP contribution in [0.25, 0.3) is 5.57 Å². The fourth-order valence-corrected chi connectivity index (χ4v) is 1.31. The first-order valence-corrected chi connectivity index (χ1v) is 5.25. The highest BCUT2D eigenvalue weighted by atomic mass is 16.6. The van der Waals surface area contributed by atoms with Crippen molar-refractivity contribution in [1.82, 2.24) is 0 Å². The molecule has 1 aromatic rings. The maximum atomic E-state index is 10.5. The van der Waals surface area contributed by atoms with Crippen LogP contribution >= 0.6 is 0 Å². The van der Waals surface area contributed by atoms with Crippen LogP contribution in [-0.2, 0) is 9.53 Å². The van der Waals surface area contributed by atoms with Gasteiger partial charge in [-0.3, -0.25) is 4.79 Å². The standard InChI is InChI=1S/C13H16O4/c1-9(2)12-5-4-11(8-13(12)15)17-7-6-16-10(3)14/h4-5,8,15H,1,6-7H2,2-3H3. The molecule has 0 spiro atoms. The number of carbonyl (C=O) groups is 1. The smallest absolute Gasteiger partial charge is 0.302 e. The molecule has 92 valence electrons. The van der Waals surface area contributed by atoms with Crippen molar-refractivity contribution in [3.63, 3.8) is 0 Å². The molecule has 0 saturated heterocycles. The highest BCUT2D eigenvalue weighted by Gasteiger charge is 2.04. The van der Waals surface area contributed by atoms with Crippen LogP contribution in [0.5, 0.6) is 11.5 Å². The minimum absolute atomic E-state index is 0.127.